The van der Waals surface area contributed by atoms with Crippen LogP contribution in [0.15, 0.2) is 273 Å². The molecule has 70 heavy (non-hydrogen) atoms. The molecule has 0 saturated heterocycles. The lowest BCUT2D eigenvalue weighted by molar-refractivity contribution is 1.28. The number of benzene rings is 12. The van der Waals surface area contributed by atoms with Crippen LogP contribution in [0, 0.1) is 0 Å². The minimum atomic E-state index is 0.892. The molecule has 0 bridgehead atoms. The predicted octanol–water partition coefficient (Wildman–Crippen LogP) is 18.8. The van der Waals surface area contributed by atoms with E-state index in [4.69, 9.17) is 0 Å². The summed E-state index contributed by atoms with van der Waals surface area (Å²) in [5, 5.41) is 19.2. The van der Waals surface area contributed by atoms with Gasteiger partial charge in [0.1, 0.15) is 0 Å². The van der Waals surface area contributed by atoms with Crippen LogP contribution < -0.4 is 20.9 Å². The van der Waals surface area contributed by atoms with Crippen LogP contribution in [0.25, 0.3) is 65.7 Å². The first-order chi connectivity index (χ1) is 34.7. The van der Waals surface area contributed by atoms with E-state index in [2.05, 4.69) is 294 Å². The Kier molecular flexibility index (Phi) is 11.2. The standard InChI is InChI=1S/C66H48N4/c1-3-22-55(23-4-1)70(56-24-5-2-6-25-56)64-45-44-63(67-52-38-32-49(33-39-52)60-29-13-19-46-16-7-10-26-57(46)60)65(68-53-40-34-50(35-41-53)61-30-14-20-47-17-8-11-27-58(47)61)66(64)69-54-42-36-51(37-43-54)62-31-15-21-48-18-9-12-28-59(48)62/h1-45,67-69H. The van der Waals surface area contributed by atoms with Crippen molar-refractivity contribution in [3.8, 4) is 33.4 Å². The topological polar surface area (TPSA) is 39.3 Å². The Morgan fingerprint density at radius 1 is 0.243 bits per heavy atom. The summed E-state index contributed by atoms with van der Waals surface area (Å²) in [6.45, 7) is 0. The van der Waals surface area contributed by atoms with Crippen molar-refractivity contribution in [2.45, 2.75) is 0 Å². The molecule has 0 aliphatic rings. The maximum atomic E-state index is 3.98. The number of hydrogen-bond acceptors (Lipinski definition) is 4. The van der Waals surface area contributed by atoms with Crippen molar-refractivity contribution in [1.29, 1.82) is 0 Å². The van der Waals surface area contributed by atoms with Gasteiger partial charge in [0.15, 0.2) is 0 Å². The third kappa shape index (κ3) is 8.36. The summed E-state index contributed by atoms with van der Waals surface area (Å²) in [6.07, 6.45) is 0. The van der Waals surface area contributed by atoms with Gasteiger partial charge in [-0.05, 0) is 138 Å². The summed E-state index contributed by atoms with van der Waals surface area (Å²) in [7, 11) is 0. The maximum absolute atomic E-state index is 3.98. The number of para-hydroxylation sites is 2. The van der Waals surface area contributed by atoms with Crippen LogP contribution in [0.5, 0.6) is 0 Å². The van der Waals surface area contributed by atoms with Gasteiger partial charge >= 0.3 is 0 Å². The summed E-state index contributed by atoms with van der Waals surface area (Å²) in [6, 6.07) is 97.2. The maximum Gasteiger partial charge on any atom is 0.0889 e. The highest BCUT2D eigenvalue weighted by atomic mass is 15.2. The fourth-order valence-electron chi connectivity index (χ4n) is 9.79. The summed E-state index contributed by atoms with van der Waals surface area (Å²) in [5.74, 6) is 0. The molecule has 0 saturated carbocycles. The molecular formula is C66H48N4. The van der Waals surface area contributed by atoms with Crippen LogP contribution >= 0.6 is 0 Å². The van der Waals surface area contributed by atoms with E-state index in [1.54, 1.807) is 0 Å². The van der Waals surface area contributed by atoms with E-state index in [0.29, 0.717) is 0 Å². The van der Waals surface area contributed by atoms with E-state index in [-0.39, 0.29) is 0 Å². The molecule has 0 spiro atoms. The molecule has 3 N–H and O–H groups in total. The molecule has 0 radical (unpaired) electrons. The van der Waals surface area contributed by atoms with Crippen LogP contribution in [0.2, 0.25) is 0 Å². The zero-order valence-corrected chi connectivity index (χ0v) is 38.4. The Labute approximate surface area is 408 Å². The van der Waals surface area contributed by atoms with Crippen LogP contribution in [0.4, 0.5) is 51.2 Å². The van der Waals surface area contributed by atoms with E-state index >= 15 is 0 Å². The highest BCUT2D eigenvalue weighted by Gasteiger charge is 2.22. The van der Waals surface area contributed by atoms with E-state index in [1.807, 2.05) is 0 Å². The molecule has 0 fully saturated rings. The number of fused-ring (bicyclic) bond motifs is 3. The van der Waals surface area contributed by atoms with Crippen molar-refractivity contribution in [3.63, 3.8) is 0 Å². The molecule has 12 aromatic rings. The van der Waals surface area contributed by atoms with Crippen molar-refractivity contribution >= 4 is 83.5 Å². The number of nitrogens with one attached hydrogen (secondary N) is 3. The minimum absolute atomic E-state index is 0.892. The van der Waals surface area contributed by atoms with E-state index in [1.165, 1.54) is 49.0 Å². The molecule has 0 aliphatic carbocycles. The molecule has 12 rings (SSSR count). The first-order valence-corrected chi connectivity index (χ1v) is 23.8. The van der Waals surface area contributed by atoms with Gasteiger partial charge in [0, 0.05) is 28.4 Å². The number of hydrogen-bond donors (Lipinski definition) is 3. The van der Waals surface area contributed by atoms with Gasteiger partial charge in [-0.15, -0.1) is 0 Å². The van der Waals surface area contributed by atoms with E-state index in [0.717, 1.165) is 67.9 Å². The summed E-state index contributed by atoms with van der Waals surface area (Å²) in [5.41, 5.74) is 15.7. The van der Waals surface area contributed by atoms with Crippen molar-refractivity contribution < 1.29 is 0 Å². The number of anilines is 9. The second kappa shape index (κ2) is 18.7. The quantitative estimate of drug-likeness (QED) is 0.114. The van der Waals surface area contributed by atoms with E-state index < -0.39 is 0 Å². The van der Waals surface area contributed by atoms with Gasteiger partial charge in [0.2, 0.25) is 0 Å². The van der Waals surface area contributed by atoms with Crippen molar-refractivity contribution in [2.75, 3.05) is 20.9 Å². The first kappa shape index (κ1) is 42.0. The molecule has 0 aliphatic heterocycles. The zero-order valence-electron chi connectivity index (χ0n) is 38.4. The second-order valence-corrected chi connectivity index (χ2v) is 17.6. The lowest BCUT2D eigenvalue weighted by Crippen LogP contribution is -2.13. The molecule has 0 unspecified atom stereocenters. The van der Waals surface area contributed by atoms with Crippen molar-refractivity contribution in [1.82, 2.24) is 0 Å². The van der Waals surface area contributed by atoms with Gasteiger partial charge in [-0.1, -0.05) is 200 Å². The first-order valence-electron chi connectivity index (χ1n) is 23.8. The highest BCUT2D eigenvalue weighted by molar-refractivity contribution is 6.03. The van der Waals surface area contributed by atoms with Crippen LogP contribution in [0.1, 0.15) is 0 Å². The van der Waals surface area contributed by atoms with Gasteiger partial charge < -0.3 is 20.9 Å². The number of rotatable bonds is 12. The highest BCUT2D eigenvalue weighted by Crippen LogP contribution is 2.48. The second-order valence-electron chi connectivity index (χ2n) is 17.6. The molecule has 0 atom stereocenters. The molecule has 0 aromatic heterocycles. The van der Waals surface area contributed by atoms with Gasteiger partial charge in [-0.25, -0.2) is 0 Å². The lowest BCUT2D eigenvalue weighted by Gasteiger charge is -2.30. The van der Waals surface area contributed by atoms with Gasteiger partial charge in [0.05, 0.1) is 22.7 Å². The van der Waals surface area contributed by atoms with E-state index in [9.17, 15) is 0 Å². The van der Waals surface area contributed by atoms with Crippen molar-refractivity contribution in [3.05, 3.63) is 273 Å². The van der Waals surface area contributed by atoms with Crippen LogP contribution in [-0.4, -0.2) is 0 Å². The fraction of sp³-hybridized carbons (Fsp3) is 0. The van der Waals surface area contributed by atoms with Gasteiger partial charge in [-0.3, -0.25) is 0 Å². The summed E-state index contributed by atoms with van der Waals surface area (Å²) >= 11 is 0. The molecular weight excluding hydrogens is 849 g/mol. The molecule has 332 valence electrons. The largest absolute Gasteiger partial charge is 0.354 e. The average Bonchev–Trinajstić information content (AvgIpc) is 3.43. The zero-order chi connectivity index (χ0) is 46.6. The van der Waals surface area contributed by atoms with Crippen LogP contribution in [0.3, 0.4) is 0 Å². The van der Waals surface area contributed by atoms with Crippen LogP contribution in [-0.2, 0) is 0 Å². The molecule has 0 amide bonds. The smallest absolute Gasteiger partial charge is 0.0889 e. The Balaban J connectivity index is 1.00. The Morgan fingerprint density at radius 3 is 1.00 bits per heavy atom. The minimum Gasteiger partial charge on any atom is -0.354 e. The molecule has 4 heteroatoms. The Hall–Kier alpha value is -9.38. The van der Waals surface area contributed by atoms with Gasteiger partial charge in [-0.2, -0.15) is 0 Å². The van der Waals surface area contributed by atoms with Gasteiger partial charge in [0.25, 0.3) is 0 Å². The fourth-order valence-corrected chi connectivity index (χ4v) is 9.79. The summed E-state index contributed by atoms with van der Waals surface area (Å²) in [4.78, 5) is 2.32. The Morgan fingerprint density at radius 2 is 0.586 bits per heavy atom. The number of nitrogens with zero attached hydrogens (tertiary/aromatic N) is 1. The molecule has 0 heterocycles. The molecule has 12 aromatic carbocycles. The third-order valence-electron chi connectivity index (χ3n) is 13.2. The lowest BCUT2D eigenvalue weighted by atomic mass is 9.98. The SMILES string of the molecule is c1ccc(N(c2ccccc2)c2ccc(Nc3ccc(-c4cccc5ccccc45)cc3)c(Nc3ccc(-c4cccc5ccccc45)cc3)c2Nc2ccc(-c3cccc4ccccc34)cc2)cc1. The summed E-state index contributed by atoms with van der Waals surface area (Å²) < 4.78 is 0. The third-order valence-corrected chi connectivity index (χ3v) is 13.2. The average molecular weight is 897 g/mol. The predicted molar refractivity (Wildman–Crippen MR) is 299 cm³/mol. The molecule has 4 nitrogen and oxygen atoms in total. The Bertz CT molecular complexity index is 3720. The normalized spacial score (nSPS) is 11.1. The monoisotopic (exact) mass is 896 g/mol. The van der Waals surface area contributed by atoms with Crippen molar-refractivity contribution in [2.24, 2.45) is 0 Å².